The average Bonchev–Trinajstić information content (AvgIpc) is 2.18. The highest BCUT2D eigenvalue weighted by molar-refractivity contribution is 5.83. The Kier molecular flexibility index (Phi) is 4.08. The second-order valence-corrected chi connectivity index (χ2v) is 3.82. The van der Waals surface area contributed by atoms with Gasteiger partial charge in [-0.15, -0.1) is 0 Å². The van der Waals surface area contributed by atoms with Crippen molar-refractivity contribution in [3.8, 4) is 0 Å². The van der Waals surface area contributed by atoms with E-state index in [4.69, 9.17) is 9.84 Å². The lowest BCUT2D eigenvalue weighted by molar-refractivity contribution is -0.162. The number of hydrogen-bond donors (Lipinski definition) is 2. The van der Waals surface area contributed by atoms with E-state index in [0.29, 0.717) is 32.5 Å². The fourth-order valence-corrected chi connectivity index (χ4v) is 1.93. The van der Waals surface area contributed by atoms with Gasteiger partial charge in [-0.3, -0.25) is 9.59 Å². The smallest absolute Gasteiger partial charge is 0.312 e. The Morgan fingerprint density at radius 1 is 1.40 bits per heavy atom. The molecule has 0 aromatic rings. The zero-order valence-electron chi connectivity index (χ0n) is 8.91. The fraction of sp³-hybridized carbons (Fsp3) is 0.800. The molecule has 1 saturated heterocycles. The van der Waals surface area contributed by atoms with Crippen LogP contribution in [-0.4, -0.2) is 36.7 Å². The quantitative estimate of drug-likeness (QED) is 0.664. The standard InChI is InChI=1S/C10H17NO4/c1-2-15-9(14)10(7-8(12)13)3-5-11-6-4-10/h11H,2-7H2,1H3,(H,12,13). The van der Waals surface area contributed by atoms with Gasteiger partial charge in [0.25, 0.3) is 0 Å². The molecule has 1 aliphatic heterocycles. The summed E-state index contributed by atoms with van der Waals surface area (Å²) in [4.78, 5) is 22.5. The molecule has 0 amide bonds. The van der Waals surface area contributed by atoms with Crippen LogP contribution in [0.3, 0.4) is 0 Å². The zero-order valence-corrected chi connectivity index (χ0v) is 8.91. The molecule has 15 heavy (non-hydrogen) atoms. The lowest BCUT2D eigenvalue weighted by atomic mass is 9.76. The number of piperidine rings is 1. The van der Waals surface area contributed by atoms with Crippen molar-refractivity contribution in [3.63, 3.8) is 0 Å². The minimum absolute atomic E-state index is 0.131. The van der Waals surface area contributed by atoms with E-state index in [1.807, 2.05) is 0 Å². The Labute approximate surface area is 88.8 Å². The van der Waals surface area contributed by atoms with Crippen LogP contribution in [0.4, 0.5) is 0 Å². The molecule has 0 spiro atoms. The van der Waals surface area contributed by atoms with E-state index >= 15 is 0 Å². The van der Waals surface area contributed by atoms with Gasteiger partial charge in [0.2, 0.25) is 0 Å². The summed E-state index contributed by atoms with van der Waals surface area (Å²) in [5.41, 5.74) is -0.812. The molecular formula is C10H17NO4. The van der Waals surface area contributed by atoms with Gasteiger partial charge in [-0.25, -0.2) is 0 Å². The topological polar surface area (TPSA) is 75.6 Å². The molecule has 86 valence electrons. The van der Waals surface area contributed by atoms with E-state index < -0.39 is 11.4 Å². The molecule has 0 aliphatic carbocycles. The molecule has 5 nitrogen and oxygen atoms in total. The van der Waals surface area contributed by atoms with Gasteiger partial charge in [0.05, 0.1) is 18.4 Å². The second-order valence-electron chi connectivity index (χ2n) is 3.82. The molecular weight excluding hydrogens is 198 g/mol. The SMILES string of the molecule is CCOC(=O)C1(CC(=O)O)CCNCC1. The Hall–Kier alpha value is -1.10. The van der Waals surface area contributed by atoms with E-state index in [0.717, 1.165) is 0 Å². The van der Waals surface area contributed by atoms with Crippen molar-refractivity contribution in [2.24, 2.45) is 5.41 Å². The van der Waals surface area contributed by atoms with E-state index in [-0.39, 0.29) is 12.4 Å². The number of carbonyl (C=O) groups excluding carboxylic acids is 1. The first kappa shape index (κ1) is 12.0. The highest BCUT2D eigenvalue weighted by Gasteiger charge is 2.42. The van der Waals surface area contributed by atoms with Crippen molar-refractivity contribution in [2.45, 2.75) is 26.2 Å². The number of aliphatic carboxylic acids is 1. The van der Waals surface area contributed by atoms with Crippen molar-refractivity contribution in [2.75, 3.05) is 19.7 Å². The maximum atomic E-state index is 11.7. The lowest BCUT2D eigenvalue weighted by Crippen LogP contribution is -2.44. The van der Waals surface area contributed by atoms with Gasteiger partial charge >= 0.3 is 11.9 Å². The highest BCUT2D eigenvalue weighted by Crippen LogP contribution is 2.34. The minimum atomic E-state index is -0.940. The highest BCUT2D eigenvalue weighted by atomic mass is 16.5. The van der Waals surface area contributed by atoms with Gasteiger partial charge in [-0.2, -0.15) is 0 Å². The number of hydrogen-bond acceptors (Lipinski definition) is 4. The second kappa shape index (κ2) is 5.11. The first-order chi connectivity index (χ1) is 7.10. The third kappa shape index (κ3) is 2.92. The van der Waals surface area contributed by atoms with Gasteiger partial charge in [0.1, 0.15) is 0 Å². The van der Waals surface area contributed by atoms with Crippen LogP contribution in [0, 0.1) is 5.41 Å². The van der Waals surface area contributed by atoms with Crippen LogP contribution in [0.1, 0.15) is 26.2 Å². The number of nitrogens with one attached hydrogen (secondary N) is 1. The maximum absolute atomic E-state index is 11.7. The number of ether oxygens (including phenoxy) is 1. The predicted molar refractivity (Wildman–Crippen MR) is 53.4 cm³/mol. The normalized spacial score (nSPS) is 19.5. The summed E-state index contributed by atoms with van der Waals surface area (Å²) in [6.45, 7) is 3.37. The number of carbonyl (C=O) groups is 2. The van der Waals surface area contributed by atoms with Crippen molar-refractivity contribution in [3.05, 3.63) is 0 Å². The van der Waals surface area contributed by atoms with Crippen LogP contribution in [0.15, 0.2) is 0 Å². The Morgan fingerprint density at radius 2 is 2.00 bits per heavy atom. The first-order valence-electron chi connectivity index (χ1n) is 5.20. The number of rotatable bonds is 4. The van der Waals surface area contributed by atoms with Crippen molar-refractivity contribution in [1.29, 1.82) is 0 Å². The molecule has 0 radical (unpaired) electrons. The van der Waals surface area contributed by atoms with Crippen LogP contribution >= 0.6 is 0 Å². The number of carboxylic acid groups (broad SMARTS) is 1. The van der Waals surface area contributed by atoms with Crippen LogP contribution in [0.25, 0.3) is 0 Å². The summed E-state index contributed by atoms with van der Waals surface area (Å²) in [7, 11) is 0. The third-order valence-corrected chi connectivity index (χ3v) is 2.76. The molecule has 0 aromatic carbocycles. The van der Waals surface area contributed by atoms with Gasteiger partial charge in [0, 0.05) is 0 Å². The average molecular weight is 215 g/mol. The third-order valence-electron chi connectivity index (χ3n) is 2.76. The molecule has 1 fully saturated rings. The summed E-state index contributed by atoms with van der Waals surface area (Å²) < 4.78 is 4.96. The van der Waals surface area contributed by atoms with Crippen molar-refractivity contribution >= 4 is 11.9 Å². The Balaban J connectivity index is 2.74. The van der Waals surface area contributed by atoms with E-state index in [1.54, 1.807) is 6.92 Å². The number of esters is 1. The van der Waals surface area contributed by atoms with Crippen molar-refractivity contribution in [1.82, 2.24) is 5.32 Å². The van der Waals surface area contributed by atoms with Gasteiger partial charge in [0.15, 0.2) is 0 Å². The van der Waals surface area contributed by atoms with Gasteiger partial charge in [-0.1, -0.05) is 0 Å². The summed E-state index contributed by atoms with van der Waals surface area (Å²) in [5.74, 6) is -1.31. The summed E-state index contributed by atoms with van der Waals surface area (Å²) >= 11 is 0. The van der Waals surface area contributed by atoms with Crippen molar-refractivity contribution < 1.29 is 19.4 Å². The van der Waals surface area contributed by atoms with E-state index in [9.17, 15) is 9.59 Å². The van der Waals surface area contributed by atoms with E-state index in [1.165, 1.54) is 0 Å². The van der Waals surface area contributed by atoms with Crippen LogP contribution < -0.4 is 5.32 Å². The maximum Gasteiger partial charge on any atom is 0.312 e. The van der Waals surface area contributed by atoms with Crippen LogP contribution in [0.2, 0.25) is 0 Å². The van der Waals surface area contributed by atoms with Gasteiger partial charge < -0.3 is 15.2 Å². The molecule has 0 unspecified atom stereocenters. The first-order valence-corrected chi connectivity index (χ1v) is 5.20. The Morgan fingerprint density at radius 3 is 2.47 bits per heavy atom. The molecule has 0 bridgehead atoms. The molecule has 0 aromatic heterocycles. The number of carboxylic acids is 1. The predicted octanol–water partition coefficient (Wildman–Crippen LogP) is 0.394. The molecule has 1 heterocycles. The lowest BCUT2D eigenvalue weighted by Gasteiger charge is -2.33. The zero-order chi connectivity index (χ0) is 11.3. The molecule has 0 saturated carbocycles. The molecule has 1 aliphatic rings. The van der Waals surface area contributed by atoms with Crippen LogP contribution in [0.5, 0.6) is 0 Å². The molecule has 5 heteroatoms. The van der Waals surface area contributed by atoms with Gasteiger partial charge in [-0.05, 0) is 32.9 Å². The minimum Gasteiger partial charge on any atom is -0.481 e. The summed E-state index contributed by atoms with van der Waals surface area (Å²) in [6.07, 6.45) is 0.948. The monoisotopic (exact) mass is 215 g/mol. The molecule has 0 atom stereocenters. The summed E-state index contributed by atoms with van der Waals surface area (Å²) in [6, 6.07) is 0. The fourth-order valence-electron chi connectivity index (χ4n) is 1.93. The molecule has 2 N–H and O–H groups in total. The largest absolute Gasteiger partial charge is 0.481 e. The molecule has 1 rings (SSSR count). The van der Waals surface area contributed by atoms with Crippen LogP contribution in [-0.2, 0) is 14.3 Å². The van der Waals surface area contributed by atoms with E-state index in [2.05, 4.69) is 5.32 Å². The Bertz CT molecular complexity index is 246. The summed E-state index contributed by atoms with van der Waals surface area (Å²) in [5, 5.41) is 11.9.